The largest absolute Gasteiger partial charge is 0.481 e. The van der Waals surface area contributed by atoms with Crippen molar-refractivity contribution in [1.82, 2.24) is 5.32 Å². The fraction of sp³-hybridized carbons (Fsp3) is 0.385. The van der Waals surface area contributed by atoms with Crippen molar-refractivity contribution < 1.29 is 19.1 Å². The molecule has 0 aliphatic rings. The molecule has 1 amide bonds. The molecule has 20 heavy (non-hydrogen) atoms. The van der Waals surface area contributed by atoms with Gasteiger partial charge in [-0.1, -0.05) is 15.9 Å². The molecule has 0 aliphatic heterocycles. The predicted octanol–water partition coefficient (Wildman–Crippen LogP) is 2.66. The minimum atomic E-state index is -0.834. The van der Waals surface area contributed by atoms with Crippen LogP contribution in [-0.4, -0.2) is 31.1 Å². The van der Waals surface area contributed by atoms with Gasteiger partial charge in [0.05, 0.1) is 4.47 Å². The molecule has 0 bridgehead atoms. The molecule has 0 fully saturated rings. The van der Waals surface area contributed by atoms with Gasteiger partial charge in [0.2, 0.25) is 0 Å². The van der Waals surface area contributed by atoms with Crippen molar-refractivity contribution in [2.45, 2.75) is 20.0 Å². The normalized spacial score (nSPS) is 11.6. The van der Waals surface area contributed by atoms with Crippen molar-refractivity contribution in [3.63, 3.8) is 0 Å². The van der Waals surface area contributed by atoms with E-state index in [0.29, 0.717) is 12.3 Å². The number of rotatable bonds is 6. The van der Waals surface area contributed by atoms with Crippen LogP contribution in [0.15, 0.2) is 27.1 Å². The first-order chi connectivity index (χ1) is 9.43. The van der Waals surface area contributed by atoms with Crippen LogP contribution < -0.4 is 10.1 Å². The summed E-state index contributed by atoms with van der Waals surface area (Å²) in [6.07, 6.45) is -0.834. The van der Waals surface area contributed by atoms with Crippen LogP contribution in [0.25, 0.3) is 0 Å². The maximum atomic E-state index is 11.6. The molecule has 0 aliphatic carbocycles. The highest BCUT2D eigenvalue weighted by molar-refractivity contribution is 9.11. The molecule has 1 atom stereocenters. The number of nitrogens with one attached hydrogen (secondary N) is 1. The molecule has 0 saturated carbocycles. The molecule has 1 N–H and O–H groups in total. The highest BCUT2D eigenvalue weighted by Gasteiger charge is 2.17. The van der Waals surface area contributed by atoms with Gasteiger partial charge >= 0.3 is 5.97 Å². The van der Waals surface area contributed by atoms with Gasteiger partial charge in [0.1, 0.15) is 5.75 Å². The van der Waals surface area contributed by atoms with Gasteiger partial charge in [-0.25, -0.2) is 4.79 Å². The molecular formula is C13H15Br2NO4. The average molecular weight is 409 g/mol. The van der Waals surface area contributed by atoms with Crippen molar-refractivity contribution in [3.8, 4) is 5.75 Å². The number of carbonyl (C=O) groups is 2. The lowest BCUT2D eigenvalue weighted by molar-refractivity contribution is -0.156. The summed E-state index contributed by atoms with van der Waals surface area (Å²) >= 11 is 6.64. The molecular weight excluding hydrogens is 394 g/mol. The lowest BCUT2D eigenvalue weighted by Gasteiger charge is -2.13. The molecule has 1 rings (SSSR count). The first-order valence-corrected chi connectivity index (χ1v) is 7.57. The Morgan fingerprint density at radius 3 is 2.65 bits per heavy atom. The minimum Gasteiger partial charge on any atom is -0.481 e. The number of amides is 1. The second-order valence-corrected chi connectivity index (χ2v) is 5.66. The number of likely N-dealkylation sites (N-methyl/N-ethyl adjacent to an activating group) is 1. The standard InChI is InChI=1S/C13H15Br2NO4/c1-3-16-13(18)8(2)20-12(17)7-19-11-5-4-9(14)6-10(11)15/h4-6,8H,3,7H2,1-2H3,(H,16,18)/t8-/m0/s1. The lowest BCUT2D eigenvalue weighted by atomic mass is 10.3. The van der Waals surface area contributed by atoms with Crippen molar-refractivity contribution in [3.05, 3.63) is 27.1 Å². The fourth-order valence-corrected chi connectivity index (χ4v) is 2.49. The minimum absolute atomic E-state index is 0.260. The Morgan fingerprint density at radius 1 is 1.35 bits per heavy atom. The third-order valence-electron chi connectivity index (χ3n) is 2.27. The number of hydrogen-bond donors (Lipinski definition) is 1. The van der Waals surface area contributed by atoms with Crippen LogP contribution in [0.3, 0.4) is 0 Å². The smallest absolute Gasteiger partial charge is 0.344 e. The fourth-order valence-electron chi connectivity index (χ4n) is 1.33. The summed E-state index contributed by atoms with van der Waals surface area (Å²) in [6.45, 7) is 3.53. The van der Waals surface area contributed by atoms with E-state index in [1.807, 2.05) is 0 Å². The van der Waals surface area contributed by atoms with Crippen LogP contribution in [0.4, 0.5) is 0 Å². The Balaban J connectivity index is 2.45. The van der Waals surface area contributed by atoms with Crippen molar-refractivity contribution >= 4 is 43.7 Å². The molecule has 0 unspecified atom stereocenters. The Kier molecular flexibility index (Phi) is 7.01. The SMILES string of the molecule is CCNC(=O)[C@H](C)OC(=O)COc1ccc(Br)cc1Br. The highest BCUT2D eigenvalue weighted by Crippen LogP contribution is 2.28. The van der Waals surface area contributed by atoms with Crippen LogP contribution in [0.2, 0.25) is 0 Å². The van der Waals surface area contributed by atoms with E-state index in [1.165, 1.54) is 6.92 Å². The van der Waals surface area contributed by atoms with Crippen LogP contribution in [0, 0.1) is 0 Å². The quantitative estimate of drug-likeness (QED) is 0.735. The Hall–Kier alpha value is -1.08. The maximum absolute atomic E-state index is 11.6. The lowest BCUT2D eigenvalue weighted by Crippen LogP contribution is -2.36. The molecule has 5 nitrogen and oxygen atoms in total. The van der Waals surface area contributed by atoms with Gasteiger partial charge in [-0.2, -0.15) is 0 Å². The van der Waals surface area contributed by atoms with E-state index in [4.69, 9.17) is 9.47 Å². The maximum Gasteiger partial charge on any atom is 0.344 e. The molecule has 110 valence electrons. The molecule has 1 aromatic rings. The zero-order valence-electron chi connectivity index (χ0n) is 11.1. The zero-order chi connectivity index (χ0) is 15.1. The second-order valence-electron chi connectivity index (χ2n) is 3.89. The number of benzene rings is 1. The zero-order valence-corrected chi connectivity index (χ0v) is 14.3. The van der Waals surface area contributed by atoms with Crippen LogP contribution >= 0.6 is 31.9 Å². The van der Waals surface area contributed by atoms with Crippen molar-refractivity contribution in [2.75, 3.05) is 13.2 Å². The summed E-state index contributed by atoms with van der Waals surface area (Å²) < 4.78 is 11.9. The molecule has 1 aromatic carbocycles. The number of hydrogen-bond acceptors (Lipinski definition) is 4. The summed E-state index contributed by atoms with van der Waals surface area (Å²) in [7, 11) is 0. The number of carbonyl (C=O) groups excluding carboxylic acids is 2. The van der Waals surface area contributed by atoms with Crippen molar-refractivity contribution in [1.29, 1.82) is 0 Å². The van der Waals surface area contributed by atoms with Gasteiger partial charge in [0, 0.05) is 11.0 Å². The monoisotopic (exact) mass is 407 g/mol. The van der Waals surface area contributed by atoms with E-state index >= 15 is 0 Å². The first-order valence-electron chi connectivity index (χ1n) is 5.99. The van der Waals surface area contributed by atoms with E-state index in [2.05, 4.69) is 37.2 Å². The van der Waals surface area contributed by atoms with E-state index in [9.17, 15) is 9.59 Å². The predicted molar refractivity (Wildman–Crippen MR) is 81.6 cm³/mol. The van der Waals surface area contributed by atoms with Gasteiger partial charge in [-0.3, -0.25) is 4.79 Å². The third-order valence-corrected chi connectivity index (χ3v) is 3.38. The van der Waals surface area contributed by atoms with Crippen LogP contribution in [0.1, 0.15) is 13.8 Å². The summed E-state index contributed by atoms with van der Waals surface area (Å²) in [4.78, 5) is 23.0. The van der Waals surface area contributed by atoms with E-state index in [0.717, 1.165) is 8.95 Å². The topological polar surface area (TPSA) is 64.6 Å². The number of esters is 1. The summed E-state index contributed by atoms with van der Waals surface area (Å²) in [6, 6.07) is 5.31. The molecule has 0 saturated heterocycles. The number of ether oxygens (including phenoxy) is 2. The molecule has 0 radical (unpaired) electrons. The summed E-state index contributed by atoms with van der Waals surface area (Å²) in [5.74, 6) is -0.403. The van der Waals surface area contributed by atoms with Crippen molar-refractivity contribution in [2.24, 2.45) is 0 Å². The highest BCUT2D eigenvalue weighted by atomic mass is 79.9. The first kappa shape index (κ1) is 17.0. The van der Waals surface area contributed by atoms with Crippen LogP contribution in [-0.2, 0) is 14.3 Å². The molecule has 0 heterocycles. The Bertz CT molecular complexity index is 493. The Morgan fingerprint density at radius 2 is 2.05 bits per heavy atom. The van der Waals surface area contributed by atoms with E-state index in [1.54, 1.807) is 25.1 Å². The number of halogens is 2. The molecule has 7 heteroatoms. The molecule has 0 aromatic heterocycles. The summed E-state index contributed by atoms with van der Waals surface area (Å²) in [5.41, 5.74) is 0. The summed E-state index contributed by atoms with van der Waals surface area (Å²) in [5, 5.41) is 2.57. The average Bonchev–Trinajstić information content (AvgIpc) is 2.37. The third kappa shape index (κ3) is 5.50. The van der Waals surface area contributed by atoms with Gasteiger partial charge in [0.15, 0.2) is 12.7 Å². The van der Waals surface area contributed by atoms with E-state index in [-0.39, 0.29) is 12.5 Å². The van der Waals surface area contributed by atoms with E-state index < -0.39 is 12.1 Å². The Labute approximate surface area is 134 Å². The van der Waals surface area contributed by atoms with Gasteiger partial charge in [0.25, 0.3) is 5.91 Å². The van der Waals surface area contributed by atoms with Crippen LogP contribution in [0.5, 0.6) is 5.75 Å². The van der Waals surface area contributed by atoms with Gasteiger partial charge in [-0.05, 0) is 48.0 Å². The molecule has 0 spiro atoms. The van der Waals surface area contributed by atoms with Gasteiger partial charge < -0.3 is 14.8 Å². The second kappa shape index (κ2) is 8.26. The van der Waals surface area contributed by atoms with Gasteiger partial charge in [-0.15, -0.1) is 0 Å².